The molecule has 2 amide bonds. The molecule has 0 saturated carbocycles. The van der Waals surface area contributed by atoms with E-state index < -0.39 is 0 Å². The Morgan fingerprint density at radius 2 is 0.591 bits per heavy atom. The number of amides is 2. The zero-order chi connectivity index (χ0) is 31.8. The molecule has 0 atom stereocenters. The number of hydrogen-bond acceptors (Lipinski definition) is 2. The molecule has 4 N–H and O–H groups in total. The molecule has 0 aliphatic carbocycles. The van der Waals surface area contributed by atoms with E-state index >= 15 is 0 Å². The van der Waals surface area contributed by atoms with Crippen molar-refractivity contribution in [2.24, 2.45) is 11.5 Å². The standard InChI is InChI=1S/C40H72N2O2/c41-39(43)34-27-23-19-15-11-7-3-1-5-9-13-17-21-25-30-37-32-29-33-38(36-37)31-26-22-18-14-10-6-2-4-8-12-16-20-24-28-35-40(42)44/h29,32-33,36H,1-28,30-31,34-35H2,(H2,41,43)(H2,42,44). The summed E-state index contributed by atoms with van der Waals surface area (Å²) in [6, 6.07) is 9.41. The van der Waals surface area contributed by atoms with Gasteiger partial charge >= 0.3 is 0 Å². The fourth-order valence-electron chi connectivity index (χ4n) is 6.44. The Kier molecular flexibility index (Phi) is 28.5. The summed E-state index contributed by atoms with van der Waals surface area (Å²) in [5, 5.41) is 0. The first kappa shape index (κ1) is 40.2. The maximum Gasteiger partial charge on any atom is 0.217 e. The summed E-state index contributed by atoms with van der Waals surface area (Å²) < 4.78 is 0. The molecule has 0 spiro atoms. The molecule has 4 nitrogen and oxygen atoms in total. The molecule has 1 rings (SSSR count). The molecular formula is C40H72N2O2. The minimum Gasteiger partial charge on any atom is -0.370 e. The number of carbonyl (C=O) groups is 2. The lowest BCUT2D eigenvalue weighted by Crippen LogP contribution is -2.09. The van der Waals surface area contributed by atoms with E-state index in [0.717, 1.165) is 25.7 Å². The number of carbonyl (C=O) groups excluding carboxylic acids is 2. The predicted octanol–water partition coefficient (Wildman–Crippen LogP) is 11.4. The molecule has 1 aromatic rings. The fourth-order valence-corrected chi connectivity index (χ4v) is 6.44. The van der Waals surface area contributed by atoms with E-state index in [1.165, 1.54) is 167 Å². The molecule has 0 radical (unpaired) electrons. The van der Waals surface area contributed by atoms with Crippen LogP contribution in [0.2, 0.25) is 0 Å². The summed E-state index contributed by atoms with van der Waals surface area (Å²) in [4.78, 5) is 21.5. The lowest BCUT2D eigenvalue weighted by Gasteiger charge is -2.07. The van der Waals surface area contributed by atoms with Crippen molar-refractivity contribution in [3.63, 3.8) is 0 Å². The second kappa shape index (κ2) is 31.2. The van der Waals surface area contributed by atoms with Crippen LogP contribution in [0.1, 0.15) is 204 Å². The van der Waals surface area contributed by atoms with Crippen LogP contribution >= 0.6 is 0 Å². The van der Waals surface area contributed by atoms with E-state index in [1.54, 1.807) is 11.1 Å². The van der Waals surface area contributed by atoms with Crippen LogP contribution in [0.4, 0.5) is 0 Å². The number of nitrogens with two attached hydrogens (primary N) is 2. The summed E-state index contributed by atoms with van der Waals surface area (Å²) in [5.74, 6) is -0.314. The summed E-state index contributed by atoms with van der Waals surface area (Å²) in [6.45, 7) is 0. The Morgan fingerprint density at radius 3 is 0.841 bits per heavy atom. The average Bonchev–Trinajstić information content (AvgIpc) is 3.00. The van der Waals surface area contributed by atoms with Crippen LogP contribution in [0.25, 0.3) is 0 Å². The number of unbranched alkanes of at least 4 members (excludes halogenated alkanes) is 26. The van der Waals surface area contributed by atoms with Crippen molar-refractivity contribution >= 4 is 11.8 Å². The zero-order valence-corrected chi connectivity index (χ0v) is 28.9. The van der Waals surface area contributed by atoms with Gasteiger partial charge in [-0.15, -0.1) is 0 Å². The van der Waals surface area contributed by atoms with Gasteiger partial charge in [-0.25, -0.2) is 0 Å². The van der Waals surface area contributed by atoms with Crippen molar-refractivity contribution in [2.75, 3.05) is 0 Å². The Hall–Kier alpha value is -1.84. The third-order valence-electron chi connectivity index (χ3n) is 9.27. The van der Waals surface area contributed by atoms with Gasteiger partial charge < -0.3 is 11.5 Å². The summed E-state index contributed by atoms with van der Waals surface area (Å²) in [6.07, 6.45) is 40.7. The minimum atomic E-state index is -0.157. The molecule has 0 aliphatic rings. The molecule has 254 valence electrons. The first-order valence-corrected chi connectivity index (χ1v) is 19.2. The number of rotatable bonds is 34. The summed E-state index contributed by atoms with van der Waals surface area (Å²) >= 11 is 0. The fraction of sp³-hybridized carbons (Fsp3) is 0.800. The Balaban J connectivity index is 1.84. The van der Waals surface area contributed by atoms with Crippen LogP contribution in [-0.2, 0) is 22.4 Å². The number of benzene rings is 1. The normalized spacial score (nSPS) is 11.3. The van der Waals surface area contributed by atoms with E-state index in [9.17, 15) is 9.59 Å². The lowest BCUT2D eigenvalue weighted by atomic mass is 9.99. The molecular weight excluding hydrogens is 540 g/mol. The molecule has 0 aliphatic heterocycles. The van der Waals surface area contributed by atoms with Crippen molar-refractivity contribution in [3.8, 4) is 0 Å². The van der Waals surface area contributed by atoms with Gasteiger partial charge in [0.1, 0.15) is 0 Å². The van der Waals surface area contributed by atoms with Crippen molar-refractivity contribution in [3.05, 3.63) is 35.4 Å². The van der Waals surface area contributed by atoms with Gasteiger partial charge in [-0.05, 0) is 49.7 Å². The highest BCUT2D eigenvalue weighted by atomic mass is 16.1. The van der Waals surface area contributed by atoms with Crippen molar-refractivity contribution in [2.45, 2.75) is 205 Å². The van der Waals surface area contributed by atoms with Gasteiger partial charge in [-0.1, -0.05) is 178 Å². The van der Waals surface area contributed by atoms with E-state index in [2.05, 4.69) is 24.3 Å². The lowest BCUT2D eigenvalue weighted by molar-refractivity contribution is -0.119. The van der Waals surface area contributed by atoms with Gasteiger partial charge in [0.05, 0.1) is 0 Å². The molecule has 0 heterocycles. The zero-order valence-electron chi connectivity index (χ0n) is 28.9. The molecule has 0 bridgehead atoms. The van der Waals surface area contributed by atoms with Gasteiger partial charge in [-0.3, -0.25) is 9.59 Å². The van der Waals surface area contributed by atoms with Crippen LogP contribution in [0.5, 0.6) is 0 Å². The van der Waals surface area contributed by atoms with Crippen molar-refractivity contribution < 1.29 is 9.59 Å². The number of aryl methyl sites for hydroxylation is 2. The molecule has 0 saturated heterocycles. The Morgan fingerprint density at radius 1 is 0.364 bits per heavy atom. The van der Waals surface area contributed by atoms with Gasteiger partial charge in [-0.2, -0.15) is 0 Å². The number of primary amides is 2. The first-order chi connectivity index (χ1) is 21.6. The Bertz CT molecular complexity index is 732. The highest BCUT2D eigenvalue weighted by Gasteiger charge is 2.00. The van der Waals surface area contributed by atoms with Gasteiger partial charge in [0, 0.05) is 12.8 Å². The summed E-state index contributed by atoms with van der Waals surface area (Å²) in [7, 11) is 0. The second-order valence-electron chi connectivity index (χ2n) is 13.7. The number of hydrogen-bond donors (Lipinski definition) is 2. The van der Waals surface area contributed by atoms with Crippen LogP contribution in [0, 0.1) is 0 Å². The van der Waals surface area contributed by atoms with E-state index in [4.69, 9.17) is 11.5 Å². The molecule has 44 heavy (non-hydrogen) atoms. The van der Waals surface area contributed by atoms with Crippen LogP contribution in [0.15, 0.2) is 24.3 Å². The third-order valence-corrected chi connectivity index (χ3v) is 9.27. The van der Waals surface area contributed by atoms with E-state index in [0.29, 0.717) is 12.8 Å². The van der Waals surface area contributed by atoms with Crippen LogP contribution in [0.3, 0.4) is 0 Å². The highest BCUT2D eigenvalue weighted by molar-refractivity contribution is 5.73. The van der Waals surface area contributed by atoms with Crippen molar-refractivity contribution in [1.29, 1.82) is 0 Å². The monoisotopic (exact) mass is 613 g/mol. The maximum atomic E-state index is 10.7. The van der Waals surface area contributed by atoms with Gasteiger partial charge in [0.2, 0.25) is 11.8 Å². The largest absolute Gasteiger partial charge is 0.370 e. The topological polar surface area (TPSA) is 86.2 Å². The second-order valence-corrected chi connectivity index (χ2v) is 13.7. The molecule has 0 unspecified atom stereocenters. The molecule has 0 aromatic heterocycles. The summed E-state index contributed by atoms with van der Waals surface area (Å²) in [5.41, 5.74) is 13.4. The molecule has 1 aromatic carbocycles. The first-order valence-electron chi connectivity index (χ1n) is 19.2. The SMILES string of the molecule is NC(=O)CCCCCCCCCCCCCCCCc1cccc(CCCCCCCCCCCCCCCCC(N)=O)c1. The predicted molar refractivity (Wildman–Crippen MR) is 191 cm³/mol. The molecule has 4 heteroatoms. The van der Waals surface area contributed by atoms with E-state index in [1.807, 2.05) is 0 Å². The molecule has 0 fully saturated rings. The van der Waals surface area contributed by atoms with Gasteiger partial charge in [0.25, 0.3) is 0 Å². The smallest absolute Gasteiger partial charge is 0.217 e. The van der Waals surface area contributed by atoms with Crippen molar-refractivity contribution in [1.82, 2.24) is 0 Å². The third kappa shape index (κ3) is 28.9. The van der Waals surface area contributed by atoms with E-state index in [-0.39, 0.29) is 11.8 Å². The van der Waals surface area contributed by atoms with Gasteiger partial charge in [0.15, 0.2) is 0 Å². The Labute approximate surface area is 273 Å². The van der Waals surface area contributed by atoms with Crippen LogP contribution < -0.4 is 11.5 Å². The van der Waals surface area contributed by atoms with Crippen LogP contribution in [-0.4, -0.2) is 11.8 Å². The average molecular weight is 613 g/mol. The maximum absolute atomic E-state index is 10.7. The highest BCUT2D eigenvalue weighted by Crippen LogP contribution is 2.17. The minimum absolute atomic E-state index is 0.157. The quantitative estimate of drug-likeness (QED) is 0.0758.